The fourth-order valence-electron chi connectivity index (χ4n) is 2.91. The monoisotopic (exact) mass is 332 g/mol. The van der Waals surface area contributed by atoms with Crippen molar-refractivity contribution in [2.75, 3.05) is 6.54 Å². The molecule has 0 aliphatic rings. The first kappa shape index (κ1) is 15.1. The molecule has 2 aromatic heterocycles. The van der Waals surface area contributed by atoms with Crippen LogP contribution in [0.2, 0.25) is 0 Å². The average molecular weight is 332 g/mol. The number of fused-ring (bicyclic) bond motifs is 2. The van der Waals surface area contributed by atoms with Crippen molar-refractivity contribution in [1.29, 1.82) is 0 Å². The molecule has 1 amide bonds. The Morgan fingerprint density at radius 2 is 1.80 bits per heavy atom. The first-order chi connectivity index (χ1) is 12.2. The minimum Gasteiger partial charge on any atom is -0.352 e. The molecule has 0 bridgehead atoms. The minimum atomic E-state index is -0.219. The maximum Gasteiger partial charge on any atom is 0.255 e. The number of aromatic nitrogens is 3. The lowest BCUT2D eigenvalue weighted by Crippen LogP contribution is -2.27. The number of benzene rings is 2. The van der Waals surface area contributed by atoms with E-state index in [2.05, 4.69) is 20.3 Å². The molecule has 0 aliphatic carbocycles. The van der Waals surface area contributed by atoms with E-state index >= 15 is 0 Å². The summed E-state index contributed by atoms with van der Waals surface area (Å²) in [5.41, 5.74) is 2.15. The van der Waals surface area contributed by atoms with Gasteiger partial charge in [0.2, 0.25) is 0 Å². The number of aromatic amines is 2. The molecule has 3 N–H and O–H groups in total. The Morgan fingerprint density at radius 3 is 2.64 bits per heavy atom. The zero-order valence-corrected chi connectivity index (χ0v) is 13.4. The zero-order chi connectivity index (χ0) is 17.2. The van der Waals surface area contributed by atoms with Gasteiger partial charge in [0, 0.05) is 29.9 Å². The van der Waals surface area contributed by atoms with Gasteiger partial charge >= 0.3 is 0 Å². The fourth-order valence-corrected chi connectivity index (χ4v) is 2.91. The van der Waals surface area contributed by atoms with Crippen LogP contribution in [0.15, 0.2) is 59.5 Å². The summed E-state index contributed by atoms with van der Waals surface area (Å²) in [4.78, 5) is 34.6. The van der Waals surface area contributed by atoms with Crippen LogP contribution in [0, 0.1) is 0 Å². The van der Waals surface area contributed by atoms with Gasteiger partial charge < -0.3 is 15.3 Å². The first-order valence-electron chi connectivity index (χ1n) is 8.04. The number of hydrogen-bond acceptors (Lipinski definition) is 3. The maximum atomic E-state index is 12.5. The lowest BCUT2D eigenvalue weighted by molar-refractivity contribution is 0.0955. The van der Waals surface area contributed by atoms with Crippen LogP contribution in [-0.4, -0.2) is 27.4 Å². The first-order valence-corrected chi connectivity index (χ1v) is 8.04. The molecule has 0 radical (unpaired) electrons. The van der Waals surface area contributed by atoms with Gasteiger partial charge in [-0.25, -0.2) is 4.98 Å². The van der Waals surface area contributed by atoms with Crippen molar-refractivity contribution in [2.45, 2.75) is 6.42 Å². The van der Waals surface area contributed by atoms with Crippen LogP contribution in [0.4, 0.5) is 0 Å². The van der Waals surface area contributed by atoms with Gasteiger partial charge in [0.15, 0.2) is 0 Å². The fraction of sp³-hybridized carbons (Fsp3) is 0.105. The summed E-state index contributed by atoms with van der Waals surface area (Å²) >= 11 is 0. The van der Waals surface area contributed by atoms with Crippen LogP contribution in [0.5, 0.6) is 0 Å². The third-order valence-corrected chi connectivity index (χ3v) is 4.14. The summed E-state index contributed by atoms with van der Waals surface area (Å²) in [6.07, 6.45) is 2.06. The second kappa shape index (κ2) is 6.24. The van der Waals surface area contributed by atoms with Crippen LogP contribution in [-0.2, 0) is 6.42 Å². The van der Waals surface area contributed by atoms with E-state index in [1.807, 2.05) is 30.3 Å². The maximum absolute atomic E-state index is 12.5. The molecule has 0 unspecified atom stereocenters. The number of amides is 1. The van der Waals surface area contributed by atoms with E-state index in [0.717, 1.165) is 16.9 Å². The number of pyridine rings is 1. The number of rotatable bonds is 4. The van der Waals surface area contributed by atoms with Crippen molar-refractivity contribution in [3.63, 3.8) is 0 Å². The Labute approximate surface area is 142 Å². The molecule has 25 heavy (non-hydrogen) atoms. The third-order valence-electron chi connectivity index (χ3n) is 4.14. The van der Waals surface area contributed by atoms with Gasteiger partial charge in [0.1, 0.15) is 5.82 Å². The average Bonchev–Trinajstić information content (AvgIpc) is 3.05. The molecule has 6 heteroatoms. The van der Waals surface area contributed by atoms with Crippen LogP contribution < -0.4 is 10.9 Å². The predicted octanol–water partition coefficient (Wildman–Crippen LogP) is 2.38. The highest BCUT2D eigenvalue weighted by Gasteiger charge is 2.11. The van der Waals surface area contributed by atoms with Gasteiger partial charge in [-0.05, 0) is 18.2 Å². The predicted molar refractivity (Wildman–Crippen MR) is 96.7 cm³/mol. The number of carbonyl (C=O) groups excluding carboxylic acids is 1. The largest absolute Gasteiger partial charge is 0.352 e. The number of para-hydroxylation sites is 2. The minimum absolute atomic E-state index is 0.200. The number of hydrogen-bond donors (Lipinski definition) is 3. The topological polar surface area (TPSA) is 90.6 Å². The number of nitrogens with one attached hydrogen (secondary N) is 3. The summed E-state index contributed by atoms with van der Waals surface area (Å²) in [5, 5.41) is 4.04. The summed E-state index contributed by atoms with van der Waals surface area (Å²) in [7, 11) is 0. The van der Waals surface area contributed by atoms with Crippen molar-refractivity contribution in [3.05, 3.63) is 76.5 Å². The molecule has 124 valence electrons. The smallest absolute Gasteiger partial charge is 0.255 e. The Balaban J connectivity index is 1.49. The van der Waals surface area contributed by atoms with E-state index in [1.165, 1.54) is 6.20 Å². The molecular formula is C19H16N4O2. The molecule has 2 heterocycles. The quantitative estimate of drug-likeness (QED) is 0.536. The second-order valence-corrected chi connectivity index (χ2v) is 5.78. The van der Waals surface area contributed by atoms with E-state index in [1.54, 1.807) is 18.2 Å². The van der Waals surface area contributed by atoms with E-state index < -0.39 is 0 Å². The molecular weight excluding hydrogens is 316 g/mol. The lowest BCUT2D eigenvalue weighted by atomic mass is 10.1. The Morgan fingerprint density at radius 1 is 1.04 bits per heavy atom. The highest BCUT2D eigenvalue weighted by molar-refractivity contribution is 6.06. The lowest BCUT2D eigenvalue weighted by Gasteiger charge is -2.07. The molecule has 4 aromatic rings. The van der Waals surface area contributed by atoms with Gasteiger partial charge in [-0.15, -0.1) is 0 Å². The SMILES string of the molecule is O=C(NCCc1nc2ccccc2[nH]1)c1c[nH]c(=O)c2ccccc12. The van der Waals surface area contributed by atoms with Crippen LogP contribution in [0.25, 0.3) is 21.8 Å². The summed E-state index contributed by atoms with van der Waals surface area (Å²) in [5.74, 6) is 0.608. The van der Waals surface area contributed by atoms with E-state index in [-0.39, 0.29) is 11.5 Å². The number of nitrogens with zero attached hydrogens (tertiary/aromatic N) is 1. The van der Waals surface area contributed by atoms with Crippen molar-refractivity contribution in [1.82, 2.24) is 20.3 Å². The molecule has 0 saturated carbocycles. The number of carbonyl (C=O) groups is 1. The summed E-state index contributed by atoms with van der Waals surface area (Å²) < 4.78 is 0. The van der Waals surface area contributed by atoms with Crippen molar-refractivity contribution >= 4 is 27.7 Å². The van der Waals surface area contributed by atoms with Gasteiger partial charge in [-0.1, -0.05) is 30.3 Å². The highest BCUT2D eigenvalue weighted by atomic mass is 16.1. The Kier molecular flexibility index (Phi) is 3.78. The van der Waals surface area contributed by atoms with Crippen LogP contribution >= 0.6 is 0 Å². The molecule has 0 fully saturated rings. The Bertz CT molecular complexity index is 1090. The highest BCUT2D eigenvalue weighted by Crippen LogP contribution is 2.14. The Hall–Kier alpha value is -3.41. The molecule has 0 saturated heterocycles. The van der Waals surface area contributed by atoms with Gasteiger partial charge in [0.25, 0.3) is 11.5 Å². The van der Waals surface area contributed by atoms with Crippen molar-refractivity contribution < 1.29 is 4.79 Å². The standard InChI is InChI=1S/C19H16N4O2/c24-18-13-6-2-1-5-12(13)14(11-21-18)19(25)20-10-9-17-22-15-7-3-4-8-16(15)23-17/h1-8,11H,9-10H2,(H,20,25)(H,21,24)(H,22,23). The molecule has 6 nitrogen and oxygen atoms in total. The van der Waals surface area contributed by atoms with E-state index in [9.17, 15) is 9.59 Å². The number of imidazole rings is 1. The van der Waals surface area contributed by atoms with Crippen molar-refractivity contribution in [3.8, 4) is 0 Å². The number of H-pyrrole nitrogens is 2. The van der Waals surface area contributed by atoms with Crippen LogP contribution in [0.3, 0.4) is 0 Å². The van der Waals surface area contributed by atoms with E-state index in [4.69, 9.17) is 0 Å². The van der Waals surface area contributed by atoms with Crippen LogP contribution in [0.1, 0.15) is 16.2 Å². The molecule has 4 rings (SSSR count). The van der Waals surface area contributed by atoms with Gasteiger partial charge in [-0.3, -0.25) is 9.59 Å². The van der Waals surface area contributed by atoms with Crippen molar-refractivity contribution in [2.24, 2.45) is 0 Å². The summed E-state index contributed by atoms with van der Waals surface area (Å²) in [6.45, 7) is 0.451. The molecule has 2 aromatic carbocycles. The summed E-state index contributed by atoms with van der Waals surface area (Å²) in [6, 6.07) is 14.9. The molecule has 0 aliphatic heterocycles. The molecule has 0 atom stereocenters. The van der Waals surface area contributed by atoms with E-state index in [0.29, 0.717) is 29.3 Å². The second-order valence-electron chi connectivity index (χ2n) is 5.78. The normalized spacial score (nSPS) is 11.0. The molecule has 0 spiro atoms. The van der Waals surface area contributed by atoms with Gasteiger partial charge in [-0.2, -0.15) is 0 Å². The van der Waals surface area contributed by atoms with Gasteiger partial charge in [0.05, 0.1) is 16.6 Å². The third kappa shape index (κ3) is 2.89. The zero-order valence-electron chi connectivity index (χ0n) is 13.4.